The van der Waals surface area contributed by atoms with Crippen molar-refractivity contribution in [3.8, 4) is 22.6 Å². The van der Waals surface area contributed by atoms with Gasteiger partial charge in [0.2, 0.25) is 5.43 Å². The Morgan fingerprint density at radius 3 is 2.85 bits per heavy atom. The summed E-state index contributed by atoms with van der Waals surface area (Å²) in [6, 6.07) is 11.1. The van der Waals surface area contributed by atoms with Crippen LogP contribution >= 0.6 is 0 Å². The first kappa shape index (κ1) is 16.3. The number of benzene rings is 1. The number of aliphatic hydroxyl groups excluding tert-OH is 1. The quantitative estimate of drug-likeness (QED) is 0.763. The third-order valence-electron chi connectivity index (χ3n) is 4.56. The summed E-state index contributed by atoms with van der Waals surface area (Å²) in [7, 11) is 0. The normalized spacial score (nSPS) is 13.6. The maximum atomic E-state index is 11.7. The maximum absolute atomic E-state index is 11.7. The molecule has 1 aliphatic rings. The summed E-state index contributed by atoms with van der Waals surface area (Å²) in [6.07, 6.45) is 7.33. The molecule has 0 saturated heterocycles. The van der Waals surface area contributed by atoms with E-state index in [1.165, 1.54) is 17.8 Å². The van der Waals surface area contributed by atoms with Gasteiger partial charge in [0.25, 0.3) is 0 Å². The van der Waals surface area contributed by atoms with Crippen molar-refractivity contribution in [2.75, 3.05) is 0 Å². The number of hydrogen-bond donors (Lipinski definition) is 2. The van der Waals surface area contributed by atoms with Gasteiger partial charge in [0.15, 0.2) is 5.75 Å². The highest BCUT2D eigenvalue weighted by molar-refractivity contribution is 5.69. The third kappa shape index (κ3) is 2.82. The van der Waals surface area contributed by atoms with Gasteiger partial charge in [-0.3, -0.25) is 9.78 Å². The second-order valence-corrected chi connectivity index (χ2v) is 6.42. The first-order valence-corrected chi connectivity index (χ1v) is 8.43. The van der Waals surface area contributed by atoms with Crippen LogP contribution in [-0.2, 0) is 6.42 Å². The van der Waals surface area contributed by atoms with Gasteiger partial charge in [0.1, 0.15) is 0 Å². The van der Waals surface area contributed by atoms with E-state index in [0.717, 1.165) is 28.9 Å². The van der Waals surface area contributed by atoms with Gasteiger partial charge in [-0.1, -0.05) is 18.2 Å². The molecule has 0 amide bonds. The number of allylic oxidation sites excluding steroid dienone is 1. The number of hydrogen-bond acceptors (Lipinski definition) is 4. The van der Waals surface area contributed by atoms with Crippen LogP contribution in [0.4, 0.5) is 0 Å². The molecule has 0 bridgehead atoms. The Balaban J connectivity index is 1.82. The Morgan fingerprint density at radius 1 is 1.19 bits per heavy atom. The van der Waals surface area contributed by atoms with Crippen molar-refractivity contribution in [3.63, 3.8) is 0 Å². The van der Waals surface area contributed by atoms with E-state index >= 15 is 0 Å². The lowest BCUT2D eigenvalue weighted by Crippen LogP contribution is -2.13. The van der Waals surface area contributed by atoms with Gasteiger partial charge in [-0.15, -0.1) is 0 Å². The standard InChI is InChI=1S/C21H18N2O3/c1-13(24)19-10-20(25)21(26)12-23(19)17-6-2-4-14(9-17)16-8-15-5-3-7-18(15)22-11-16/h2-4,6-13,24,26H,5H2,1H3. The van der Waals surface area contributed by atoms with Gasteiger partial charge in [-0.05, 0) is 48.7 Å². The number of rotatable bonds is 3. The summed E-state index contributed by atoms with van der Waals surface area (Å²) in [5.74, 6) is -0.356. The summed E-state index contributed by atoms with van der Waals surface area (Å²) < 4.78 is 1.63. The van der Waals surface area contributed by atoms with Crippen LogP contribution in [0.5, 0.6) is 5.75 Å². The molecule has 1 aromatic carbocycles. The highest BCUT2D eigenvalue weighted by Crippen LogP contribution is 2.27. The molecular weight excluding hydrogens is 328 g/mol. The van der Waals surface area contributed by atoms with E-state index in [2.05, 4.69) is 17.1 Å². The predicted octanol–water partition coefficient (Wildman–Crippen LogP) is 3.23. The number of nitrogens with zero attached hydrogens (tertiary/aromatic N) is 2. The molecular formula is C21H18N2O3. The zero-order valence-electron chi connectivity index (χ0n) is 14.3. The van der Waals surface area contributed by atoms with Gasteiger partial charge < -0.3 is 14.8 Å². The van der Waals surface area contributed by atoms with Gasteiger partial charge in [0.05, 0.1) is 23.7 Å². The summed E-state index contributed by atoms with van der Waals surface area (Å²) in [5.41, 5.74) is 4.82. The predicted molar refractivity (Wildman–Crippen MR) is 100 cm³/mol. The third-order valence-corrected chi connectivity index (χ3v) is 4.56. The molecule has 4 rings (SSSR count). The van der Waals surface area contributed by atoms with E-state index < -0.39 is 11.5 Å². The highest BCUT2D eigenvalue weighted by atomic mass is 16.3. The van der Waals surface area contributed by atoms with Crippen LogP contribution in [0.15, 0.2) is 59.7 Å². The fourth-order valence-corrected chi connectivity index (χ4v) is 3.21. The number of aliphatic hydroxyl groups is 1. The first-order chi connectivity index (χ1) is 12.5. The fraction of sp³-hybridized carbons (Fsp3) is 0.143. The average Bonchev–Trinajstić information content (AvgIpc) is 3.11. The molecule has 0 fully saturated rings. The van der Waals surface area contributed by atoms with Crippen molar-refractivity contribution < 1.29 is 10.2 Å². The zero-order chi connectivity index (χ0) is 18.3. The Bertz CT molecular complexity index is 1080. The molecule has 3 aromatic rings. The molecule has 0 radical (unpaired) electrons. The lowest BCUT2D eigenvalue weighted by molar-refractivity contribution is 0.191. The van der Waals surface area contributed by atoms with E-state index in [1.807, 2.05) is 36.5 Å². The van der Waals surface area contributed by atoms with Crippen molar-refractivity contribution in [2.24, 2.45) is 0 Å². The molecule has 2 N–H and O–H groups in total. The Kier molecular flexibility index (Phi) is 3.93. The lowest BCUT2D eigenvalue weighted by atomic mass is 10.0. The van der Waals surface area contributed by atoms with Crippen molar-refractivity contribution in [1.29, 1.82) is 0 Å². The molecule has 0 saturated carbocycles. The van der Waals surface area contributed by atoms with Crippen LogP contribution in [0, 0.1) is 0 Å². The largest absolute Gasteiger partial charge is 0.503 e. The van der Waals surface area contributed by atoms with Gasteiger partial charge in [-0.2, -0.15) is 0 Å². The van der Waals surface area contributed by atoms with Crippen molar-refractivity contribution >= 4 is 6.08 Å². The highest BCUT2D eigenvalue weighted by Gasteiger charge is 2.13. The van der Waals surface area contributed by atoms with Gasteiger partial charge >= 0.3 is 0 Å². The zero-order valence-corrected chi connectivity index (χ0v) is 14.3. The summed E-state index contributed by atoms with van der Waals surface area (Å²) >= 11 is 0. The maximum Gasteiger partial charge on any atom is 0.223 e. The minimum atomic E-state index is -0.848. The molecule has 26 heavy (non-hydrogen) atoms. The number of aromatic nitrogens is 2. The van der Waals surface area contributed by atoms with Gasteiger partial charge in [-0.25, -0.2) is 0 Å². The van der Waals surface area contributed by atoms with E-state index in [-0.39, 0.29) is 5.75 Å². The molecule has 0 spiro atoms. The van der Waals surface area contributed by atoms with Crippen LogP contribution in [0.25, 0.3) is 22.9 Å². The van der Waals surface area contributed by atoms with Crippen LogP contribution in [0.3, 0.4) is 0 Å². The molecule has 5 heteroatoms. The molecule has 2 aromatic heterocycles. The van der Waals surface area contributed by atoms with Crippen molar-refractivity contribution in [1.82, 2.24) is 9.55 Å². The average molecular weight is 346 g/mol. The summed E-state index contributed by atoms with van der Waals surface area (Å²) in [6.45, 7) is 1.59. The van der Waals surface area contributed by atoms with E-state index in [0.29, 0.717) is 5.69 Å². The van der Waals surface area contributed by atoms with Crippen LogP contribution in [0.1, 0.15) is 30.0 Å². The molecule has 0 aliphatic heterocycles. The summed E-state index contributed by atoms with van der Waals surface area (Å²) in [4.78, 5) is 16.2. The van der Waals surface area contributed by atoms with Gasteiger partial charge in [0, 0.05) is 23.5 Å². The Labute approximate surface area is 150 Å². The van der Waals surface area contributed by atoms with Crippen LogP contribution in [-0.4, -0.2) is 19.8 Å². The SMILES string of the molecule is CC(O)c1cc(=O)c(O)cn1-c1cccc(-c2cnc3c(c2)CC=C3)c1. The first-order valence-electron chi connectivity index (χ1n) is 8.43. The topological polar surface area (TPSA) is 75.3 Å². The molecule has 1 aliphatic carbocycles. The van der Waals surface area contributed by atoms with Crippen molar-refractivity contribution in [2.45, 2.75) is 19.4 Å². The van der Waals surface area contributed by atoms with E-state index in [4.69, 9.17) is 0 Å². The monoisotopic (exact) mass is 346 g/mol. The second-order valence-electron chi connectivity index (χ2n) is 6.42. The fourth-order valence-electron chi connectivity index (χ4n) is 3.21. The minimum Gasteiger partial charge on any atom is -0.503 e. The van der Waals surface area contributed by atoms with E-state index in [9.17, 15) is 15.0 Å². The van der Waals surface area contributed by atoms with Crippen LogP contribution in [0.2, 0.25) is 0 Å². The van der Waals surface area contributed by atoms with Crippen LogP contribution < -0.4 is 5.43 Å². The second kappa shape index (κ2) is 6.28. The number of aromatic hydroxyl groups is 1. The summed E-state index contributed by atoms with van der Waals surface area (Å²) in [5, 5.41) is 19.8. The number of fused-ring (bicyclic) bond motifs is 1. The molecule has 5 nitrogen and oxygen atoms in total. The number of pyridine rings is 2. The minimum absolute atomic E-state index is 0.356. The lowest BCUT2D eigenvalue weighted by Gasteiger charge is -2.17. The Hall–Kier alpha value is -3.18. The smallest absolute Gasteiger partial charge is 0.223 e. The molecule has 130 valence electrons. The Morgan fingerprint density at radius 2 is 2.04 bits per heavy atom. The molecule has 2 heterocycles. The molecule has 1 unspecified atom stereocenters. The molecule has 1 atom stereocenters. The van der Waals surface area contributed by atoms with E-state index in [1.54, 1.807) is 11.5 Å². The van der Waals surface area contributed by atoms with Crippen molar-refractivity contribution in [3.05, 3.63) is 82.0 Å².